The highest BCUT2D eigenvalue weighted by molar-refractivity contribution is 8.93. The first-order chi connectivity index (χ1) is 2.64. The van der Waals surface area contributed by atoms with Crippen LogP contribution in [0, 0.1) is 0 Å². The lowest BCUT2D eigenvalue weighted by atomic mass is 11.0. The van der Waals surface area contributed by atoms with Crippen LogP contribution in [-0.4, -0.2) is 24.4 Å². The van der Waals surface area contributed by atoms with Crippen molar-refractivity contribution < 1.29 is 4.79 Å². The van der Waals surface area contributed by atoms with Gasteiger partial charge in [0.2, 0.25) is 0 Å². The van der Waals surface area contributed by atoms with Gasteiger partial charge in [0.05, 0.1) is 0 Å². The summed E-state index contributed by atoms with van der Waals surface area (Å²) in [6.45, 7) is 0. The maximum absolute atomic E-state index is 9.83. The third kappa shape index (κ3) is 6.24. The van der Waals surface area contributed by atoms with E-state index < -0.39 is 5.37 Å². The lowest BCUT2D eigenvalue weighted by Crippen LogP contribution is -2.13. The van der Waals surface area contributed by atoms with E-state index in [1.54, 1.807) is 14.1 Å². The van der Waals surface area contributed by atoms with Crippen LogP contribution in [0.5, 0.6) is 0 Å². The Morgan fingerprint density at radius 1 is 1.57 bits per heavy atom. The Morgan fingerprint density at radius 2 is 1.71 bits per heavy atom. The Bertz CT molecular complexity index is 66.0. The molecule has 0 aromatic carbocycles. The predicted molar refractivity (Wildman–Crippen MR) is 35.3 cm³/mol. The van der Waals surface area contributed by atoms with Gasteiger partial charge in [0.15, 0.2) is 0 Å². The number of carbonyl (C=O) groups is 1. The second-order valence-electron chi connectivity index (χ2n) is 1.15. The van der Waals surface area contributed by atoms with Gasteiger partial charge in [-0.25, -0.2) is 0 Å². The summed E-state index contributed by atoms with van der Waals surface area (Å²) in [6, 6.07) is 0. The minimum Gasteiger partial charge on any atom is -0.335 e. The highest BCUT2D eigenvalue weighted by Gasteiger charge is 1.91. The molecule has 0 heterocycles. The highest BCUT2D eigenvalue weighted by atomic mass is 79.9. The Hall–Kier alpha value is 0.240. The van der Waals surface area contributed by atoms with Crippen LogP contribution in [0.1, 0.15) is 0 Å². The van der Waals surface area contributed by atoms with Crippen LogP contribution in [0.2, 0.25) is 0 Å². The summed E-state index contributed by atoms with van der Waals surface area (Å²) in [5.41, 5.74) is 0. The van der Waals surface area contributed by atoms with Crippen LogP contribution in [0.25, 0.3) is 0 Å². The monoisotopic (exact) mass is 187 g/mol. The van der Waals surface area contributed by atoms with Crippen LogP contribution in [-0.2, 0) is 0 Å². The molecule has 0 aromatic heterocycles. The van der Waals surface area contributed by atoms with E-state index in [1.165, 1.54) is 4.90 Å². The van der Waals surface area contributed by atoms with E-state index in [1.807, 2.05) is 0 Å². The van der Waals surface area contributed by atoms with Gasteiger partial charge in [0.25, 0.3) is 0 Å². The first kappa shape index (κ1) is 10.3. The van der Waals surface area contributed by atoms with Crippen LogP contribution in [0.4, 0.5) is 4.79 Å². The van der Waals surface area contributed by atoms with Gasteiger partial charge in [-0.15, -0.1) is 17.0 Å². The summed E-state index contributed by atoms with van der Waals surface area (Å²) >= 11 is 4.90. The van der Waals surface area contributed by atoms with Crippen molar-refractivity contribution in [2.24, 2.45) is 0 Å². The minimum absolute atomic E-state index is 0. The third-order valence-corrected chi connectivity index (χ3v) is 0.690. The molecule has 1 amide bonds. The normalized spacial score (nSPS) is 6.71. The van der Waals surface area contributed by atoms with E-state index in [0.29, 0.717) is 0 Å². The molecule has 7 heavy (non-hydrogen) atoms. The quantitative estimate of drug-likeness (QED) is 0.417. The molecule has 0 aliphatic heterocycles. The first-order valence-electron chi connectivity index (χ1n) is 1.51. The largest absolute Gasteiger partial charge is 0.335 e. The Labute approximate surface area is 58.2 Å². The second-order valence-corrected chi connectivity index (χ2v) is 1.47. The summed E-state index contributed by atoms with van der Waals surface area (Å²) in [7, 11) is 3.19. The summed E-state index contributed by atoms with van der Waals surface area (Å²) in [4.78, 5) is 11.1. The van der Waals surface area contributed by atoms with Gasteiger partial charge in [-0.1, -0.05) is 0 Å². The molecule has 2 nitrogen and oxygen atoms in total. The zero-order valence-electron chi connectivity index (χ0n) is 4.14. The average molecular weight is 188 g/mol. The van der Waals surface area contributed by atoms with E-state index in [2.05, 4.69) is 0 Å². The van der Waals surface area contributed by atoms with Crippen LogP contribution in [0.3, 0.4) is 0 Å². The number of nitrogens with zero attached hydrogens (tertiary/aromatic N) is 1. The van der Waals surface area contributed by atoms with E-state index in [-0.39, 0.29) is 17.0 Å². The molecule has 0 radical (unpaired) electrons. The fraction of sp³-hybridized carbons (Fsp3) is 0.667. The number of amides is 1. The molecule has 0 unspecified atom stereocenters. The van der Waals surface area contributed by atoms with E-state index in [4.69, 9.17) is 11.6 Å². The molecular formula is C3H7BrClNO. The molecule has 0 aliphatic rings. The van der Waals surface area contributed by atoms with Gasteiger partial charge in [-0.05, 0) is 11.6 Å². The molecule has 0 aromatic rings. The molecule has 0 bridgehead atoms. The molecule has 4 heteroatoms. The molecule has 0 N–H and O–H groups in total. The number of rotatable bonds is 0. The summed E-state index contributed by atoms with van der Waals surface area (Å²) in [5.74, 6) is 0. The predicted octanol–water partition coefficient (Wildman–Crippen LogP) is 1.48. The Balaban J connectivity index is 0. The van der Waals surface area contributed by atoms with Gasteiger partial charge in [0.1, 0.15) is 0 Å². The van der Waals surface area contributed by atoms with E-state index >= 15 is 0 Å². The van der Waals surface area contributed by atoms with Crippen molar-refractivity contribution in [1.82, 2.24) is 4.90 Å². The smallest absolute Gasteiger partial charge is 0.315 e. The molecule has 0 saturated heterocycles. The average Bonchev–Trinajstić information content (AvgIpc) is 1.36. The fourth-order valence-electron chi connectivity index (χ4n) is 0. The molecule has 0 saturated carbocycles. The van der Waals surface area contributed by atoms with Gasteiger partial charge >= 0.3 is 5.37 Å². The number of hydrogen-bond donors (Lipinski definition) is 0. The van der Waals surface area contributed by atoms with Crippen molar-refractivity contribution in [2.75, 3.05) is 14.1 Å². The molecule has 0 atom stereocenters. The summed E-state index contributed by atoms with van der Waals surface area (Å²) in [6.07, 6.45) is 0. The minimum atomic E-state index is -0.435. The van der Waals surface area contributed by atoms with Gasteiger partial charge in [-0.3, -0.25) is 4.79 Å². The van der Waals surface area contributed by atoms with Crippen LogP contribution in [0.15, 0.2) is 0 Å². The second kappa shape index (κ2) is 4.40. The lowest BCUT2D eigenvalue weighted by molar-refractivity contribution is 0.240. The topological polar surface area (TPSA) is 20.3 Å². The van der Waals surface area contributed by atoms with Crippen molar-refractivity contribution >= 4 is 33.9 Å². The SMILES string of the molecule is Br.CN(C)C(=O)Cl. The van der Waals surface area contributed by atoms with Crippen molar-refractivity contribution in [3.8, 4) is 0 Å². The fourth-order valence-corrected chi connectivity index (χ4v) is 0. The number of carbonyl (C=O) groups excluding carboxylic acids is 1. The summed E-state index contributed by atoms with van der Waals surface area (Å²) in [5, 5.41) is -0.435. The Morgan fingerprint density at radius 3 is 1.71 bits per heavy atom. The lowest BCUT2D eigenvalue weighted by Gasteiger charge is -1.99. The van der Waals surface area contributed by atoms with Crippen LogP contribution < -0.4 is 0 Å². The number of hydrogen-bond acceptors (Lipinski definition) is 1. The van der Waals surface area contributed by atoms with Crippen molar-refractivity contribution in [2.45, 2.75) is 0 Å². The molecule has 0 fully saturated rings. The molecule has 0 aliphatic carbocycles. The van der Waals surface area contributed by atoms with Gasteiger partial charge in [-0.2, -0.15) is 0 Å². The maximum Gasteiger partial charge on any atom is 0.315 e. The van der Waals surface area contributed by atoms with Crippen LogP contribution >= 0.6 is 28.6 Å². The van der Waals surface area contributed by atoms with Crippen molar-refractivity contribution in [3.05, 3.63) is 0 Å². The molecule has 0 spiro atoms. The van der Waals surface area contributed by atoms with Crippen molar-refractivity contribution in [1.29, 1.82) is 0 Å². The Kier molecular flexibility index (Phi) is 6.45. The van der Waals surface area contributed by atoms with Gasteiger partial charge < -0.3 is 4.90 Å². The zero-order valence-corrected chi connectivity index (χ0v) is 6.61. The first-order valence-corrected chi connectivity index (χ1v) is 1.89. The zero-order chi connectivity index (χ0) is 5.15. The maximum atomic E-state index is 9.83. The third-order valence-electron chi connectivity index (χ3n) is 0.352. The number of halogens is 2. The standard InChI is InChI=1S/C3H6ClNO.BrH/c1-5(2)3(4)6;/h1-2H3;1H. The molecular weight excluding hydrogens is 181 g/mol. The highest BCUT2D eigenvalue weighted by Crippen LogP contribution is 1.83. The molecule has 44 valence electrons. The van der Waals surface area contributed by atoms with Crippen molar-refractivity contribution in [3.63, 3.8) is 0 Å². The van der Waals surface area contributed by atoms with E-state index in [0.717, 1.165) is 0 Å². The molecule has 0 rings (SSSR count). The van der Waals surface area contributed by atoms with Gasteiger partial charge in [0, 0.05) is 14.1 Å². The van der Waals surface area contributed by atoms with E-state index in [9.17, 15) is 4.79 Å². The summed E-state index contributed by atoms with van der Waals surface area (Å²) < 4.78 is 0.